The van der Waals surface area contributed by atoms with Crippen molar-refractivity contribution < 1.29 is 32.5 Å². The minimum atomic E-state index is -4.38. The van der Waals surface area contributed by atoms with Crippen molar-refractivity contribution in [1.82, 2.24) is 0 Å². The molecule has 3 aromatic carbocycles. The molecule has 0 bridgehead atoms. The molecule has 0 amide bonds. The predicted octanol–water partition coefficient (Wildman–Crippen LogP) is 6.94. The summed E-state index contributed by atoms with van der Waals surface area (Å²) in [6.45, 7) is 0.104. The van der Waals surface area contributed by atoms with Crippen molar-refractivity contribution in [3.05, 3.63) is 94.5 Å². The third kappa shape index (κ3) is 6.02. The monoisotopic (exact) mass is 448 g/mol. The van der Waals surface area contributed by atoms with E-state index in [1.165, 1.54) is 24.3 Å². The second-order valence-electron chi connectivity index (χ2n) is 6.34. The van der Waals surface area contributed by atoms with Crippen molar-refractivity contribution in [1.29, 1.82) is 0 Å². The van der Waals surface area contributed by atoms with E-state index in [0.717, 1.165) is 12.1 Å². The SMILES string of the molecule is O=C(O)c1cccc(Oc2c(Cl)cccc2OC/C=C/c2ccc(C(F)(F)F)cc2)c1. The van der Waals surface area contributed by atoms with E-state index in [-0.39, 0.29) is 28.7 Å². The fourth-order valence-corrected chi connectivity index (χ4v) is 2.82. The van der Waals surface area contributed by atoms with Crippen LogP contribution in [-0.2, 0) is 6.18 Å². The number of para-hydroxylation sites is 1. The number of hydrogen-bond donors (Lipinski definition) is 1. The summed E-state index contributed by atoms with van der Waals surface area (Å²) in [7, 11) is 0. The molecule has 160 valence electrons. The Balaban J connectivity index is 1.69. The molecule has 0 heterocycles. The maximum absolute atomic E-state index is 12.6. The van der Waals surface area contributed by atoms with E-state index in [1.54, 1.807) is 42.5 Å². The smallest absolute Gasteiger partial charge is 0.416 e. The van der Waals surface area contributed by atoms with Gasteiger partial charge in [0.1, 0.15) is 12.4 Å². The molecule has 3 aromatic rings. The normalized spacial score (nSPS) is 11.5. The second-order valence-corrected chi connectivity index (χ2v) is 6.74. The molecular weight excluding hydrogens is 433 g/mol. The van der Waals surface area contributed by atoms with Gasteiger partial charge in [-0.2, -0.15) is 13.2 Å². The van der Waals surface area contributed by atoms with E-state index < -0.39 is 17.7 Å². The average molecular weight is 449 g/mol. The molecule has 3 rings (SSSR count). The number of carboxylic acid groups (broad SMARTS) is 1. The van der Waals surface area contributed by atoms with Crippen molar-refractivity contribution in [2.45, 2.75) is 6.18 Å². The van der Waals surface area contributed by atoms with Crippen LogP contribution in [0.1, 0.15) is 21.5 Å². The van der Waals surface area contributed by atoms with Gasteiger partial charge in [0.05, 0.1) is 16.1 Å². The molecule has 8 heteroatoms. The summed E-state index contributed by atoms with van der Waals surface area (Å²) in [6.07, 6.45) is -1.11. The molecule has 0 aliphatic rings. The molecule has 1 N–H and O–H groups in total. The lowest BCUT2D eigenvalue weighted by Crippen LogP contribution is -2.04. The molecule has 0 aromatic heterocycles. The Hall–Kier alpha value is -3.45. The Morgan fingerprint density at radius 2 is 1.74 bits per heavy atom. The quantitative estimate of drug-likeness (QED) is 0.425. The summed E-state index contributed by atoms with van der Waals surface area (Å²) in [6, 6.07) is 15.6. The standard InChI is InChI=1S/C23H16ClF3O4/c24-19-7-2-8-20(21(19)31-18-6-1-5-16(14-18)22(28)29)30-13-3-4-15-9-11-17(12-10-15)23(25,26)27/h1-12,14H,13H2,(H,28,29)/b4-3+. The van der Waals surface area contributed by atoms with Gasteiger partial charge in [-0.25, -0.2) is 4.79 Å². The van der Waals surface area contributed by atoms with Crippen LogP contribution in [0.2, 0.25) is 5.02 Å². The Kier molecular flexibility index (Phi) is 6.87. The van der Waals surface area contributed by atoms with Crippen LogP contribution in [0.5, 0.6) is 17.2 Å². The minimum Gasteiger partial charge on any atom is -0.486 e. The number of hydrogen-bond acceptors (Lipinski definition) is 3. The second kappa shape index (κ2) is 9.57. The number of rotatable bonds is 7. The Morgan fingerprint density at radius 1 is 1.03 bits per heavy atom. The minimum absolute atomic E-state index is 0.0616. The van der Waals surface area contributed by atoms with Crippen LogP contribution < -0.4 is 9.47 Å². The highest BCUT2D eigenvalue weighted by Gasteiger charge is 2.29. The first-order valence-corrected chi connectivity index (χ1v) is 9.38. The van der Waals surface area contributed by atoms with Gasteiger partial charge in [0, 0.05) is 0 Å². The molecule has 0 saturated heterocycles. The fourth-order valence-electron chi connectivity index (χ4n) is 2.62. The predicted molar refractivity (Wildman–Crippen MR) is 111 cm³/mol. The number of benzene rings is 3. The van der Waals surface area contributed by atoms with Crippen LogP contribution in [0, 0.1) is 0 Å². The molecule has 0 aliphatic carbocycles. The lowest BCUT2D eigenvalue weighted by atomic mass is 10.1. The maximum atomic E-state index is 12.6. The largest absolute Gasteiger partial charge is 0.486 e. The third-order valence-electron chi connectivity index (χ3n) is 4.12. The first-order chi connectivity index (χ1) is 14.7. The van der Waals surface area contributed by atoms with Crippen molar-refractivity contribution >= 4 is 23.6 Å². The zero-order chi connectivity index (χ0) is 22.4. The Labute approximate surface area is 181 Å². The molecule has 0 aliphatic heterocycles. The van der Waals surface area contributed by atoms with E-state index >= 15 is 0 Å². The summed E-state index contributed by atoms with van der Waals surface area (Å²) in [5.41, 5.74) is -0.0651. The summed E-state index contributed by atoms with van der Waals surface area (Å²) in [5.74, 6) is -0.271. The third-order valence-corrected chi connectivity index (χ3v) is 4.41. The van der Waals surface area contributed by atoms with Crippen LogP contribution in [0.3, 0.4) is 0 Å². The molecule has 0 fully saturated rings. The first-order valence-electron chi connectivity index (χ1n) is 9.00. The lowest BCUT2D eigenvalue weighted by Gasteiger charge is -2.13. The Bertz CT molecular complexity index is 1090. The number of carboxylic acids is 1. The molecule has 4 nitrogen and oxygen atoms in total. The number of halogens is 4. The maximum Gasteiger partial charge on any atom is 0.416 e. The summed E-state index contributed by atoms with van der Waals surface area (Å²) in [5, 5.41) is 9.38. The van der Waals surface area contributed by atoms with Gasteiger partial charge in [0.25, 0.3) is 0 Å². The molecule has 0 atom stereocenters. The summed E-state index contributed by atoms with van der Waals surface area (Å²) < 4.78 is 49.3. The number of aromatic carboxylic acids is 1. The van der Waals surface area contributed by atoms with Crippen molar-refractivity contribution in [2.75, 3.05) is 6.61 Å². The van der Waals surface area contributed by atoms with Crippen LogP contribution >= 0.6 is 11.6 Å². The highest BCUT2D eigenvalue weighted by molar-refractivity contribution is 6.32. The Morgan fingerprint density at radius 3 is 2.42 bits per heavy atom. The number of carbonyl (C=O) groups is 1. The van der Waals surface area contributed by atoms with Gasteiger partial charge in [-0.1, -0.05) is 41.9 Å². The lowest BCUT2D eigenvalue weighted by molar-refractivity contribution is -0.137. The van der Waals surface area contributed by atoms with Gasteiger partial charge in [0.2, 0.25) is 0 Å². The van der Waals surface area contributed by atoms with Gasteiger partial charge in [-0.3, -0.25) is 0 Å². The van der Waals surface area contributed by atoms with Crippen LogP contribution in [-0.4, -0.2) is 17.7 Å². The summed E-state index contributed by atoms with van der Waals surface area (Å²) >= 11 is 6.21. The molecule has 0 saturated carbocycles. The molecule has 0 radical (unpaired) electrons. The molecule has 31 heavy (non-hydrogen) atoms. The summed E-state index contributed by atoms with van der Waals surface area (Å²) in [4.78, 5) is 11.1. The van der Waals surface area contributed by atoms with E-state index in [0.29, 0.717) is 11.3 Å². The van der Waals surface area contributed by atoms with Crippen molar-refractivity contribution in [3.8, 4) is 17.2 Å². The van der Waals surface area contributed by atoms with E-state index in [4.69, 9.17) is 26.2 Å². The van der Waals surface area contributed by atoms with E-state index in [2.05, 4.69) is 0 Å². The molecule has 0 spiro atoms. The van der Waals surface area contributed by atoms with E-state index in [9.17, 15) is 18.0 Å². The van der Waals surface area contributed by atoms with Gasteiger partial charge in [0.15, 0.2) is 11.5 Å². The number of alkyl halides is 3. The van der Waals surface area contributed by atoms with Crippen molar-refractivity contribution in [2.24, 2.45) is 0 Å². The van der Waals surface area contributed by atoms with Crippen LogP contribution in [0.15, 0.2) is 72.8 Å². The topological polar surface area (TPSA) is 55.8 Å². The van der Waals surface area contributed by atoms with Crippen LogP contribution in [0.25, 0.3) is 6.08 Å². The first kappa shape index (κ1) is 22.2. The van der Waals surface area contributed by atoms with Crippen molar-refractivity contribution in [3.63, 3.8) is 0 Å². The highest BCUT2D eigenvalue weighted by Crippen LogP contribution is 2.38. The van der Waals surface area contributed by atoms with Gasteiger partial charge in [-0.05, 0) is 54.1 Å². The number of ether oxygens (including phenoxy) is 2. The highest BCUT2D eigenvalue weighted by atomic mass is 35.5. The average Bonchev–Trinajstić information content (AvgIpc) is 2.73. The zero-order valence-electron chi connectivity index (χ0n) is 15.9. The van der Waals surface area contributed by atoms with Crippen LogP contribution in [0.4, 0.5) is 13.2 Å². The van der Waals surface area contributed by atoms with Gasteiger partial charge < -0.3 is 14.6 Å². The molecule has 0 unspecified atom stereocenters. The van der Waals surface area contributed by atoms with E-state index in [1.807, 2.05) is 0 Å². The van der Waals surface area contributed by atoms with Gasteiger partial charge >= 0.3 is 12.1 Å². The van der Waals surface area contributed by atoms with Gasteiger partial charge in [-0.15, -0.1) is 0 Å². The fraction of sp³-hybridized carbons (Fsp3) is 0.0870. The molecular formula is C23H16ClF3O4. The zero-order valence-corrected chi connectivity index (χ0v) is 16.7.